The molecule has 0 saturated heterocycles. The van der Waals surface area contributed by atoms with E-state index in [1.165, 1.54) is 0 Å². The highest BCUT2D eigenvalue weighted by Gasteiger charge is 2.39. The number of phosphoric acid groups is 1. The molecule has 0 aliphatic carbocycles. The maximum atomic E-state index is 11.1. The molecule has 0 amide bonds. The average molecular weight is 284 g/mol. The lowest BCUT2D eigenvalue weighted by atomic mass is 11.8. The predicted molar refractivity (Wildman–Crippen MR) is 49.4 cm³/mol. The summed E-state index contributed by atoms with van der Waals surface area (Å²) in [5.41, 5.74) is 0. The van der Waals surface area contributed by atoms with Crippen LogP contribution in [0.1, 0.15) is 0 Å². The first kappa shape index (κ1) is 15.4. The molecule has 0 rings (SSSR count). The zero-order valence-corrected chi connectivity index (χ0v) is 10.5. The fraction of sp³-hybridized carbons (Fsp3) is 1.00. The third-order valence-corrected chi connectivity index (χ3v) is 6.84. The van der Waals surface area contributed by atoms with Gasteiger partial charge in [0.25, 0.3) is 0 Å². The molecule has 0 aliphatic heterocycles. The fourth-order valence-electron chi connectivity index (χ4n) is 0.504. The van der Waals surface area contributed by atoms with Gasteiger partial charge in [0.1, 0.15) is 0 Å². The first-order valence-corrected chi connectivity index (χ1v) is 8.35. The molecule has 3 unspecified atom stereocenters. The third-order valence-electron chi connectivity index (χ3n) is 1.10. The molecule has 0 radical (unpaired) electrons. The maximum absolute atomic E-state index is 11.1. The second kappa shape index (κ2) is 5.19. The Labute approximate surface area is 85.7 Å². The monoisotopic (exact) mass is 284 g/mol. The molecule has 0 bridgehead atoms. The third kappa shape index (κ3) is 6.58. The SMILES string of the molecule is COP(=O)(O)CP(=O)(O)OP(=O)(O)OC. The van der Waals surface area contributed by atoms with E-state index in [2.05, 4.69) is 13.4 Å². The quantitative estimate of drug-likeness (QED) is 0.601. The lowest BCUT2D eigenvalue weighted by molar-refractivity contribution is 0.230. The van der Waals surface area contributed by atoms with E-state index in [9.17, 15) is 13.7 Å². The van der Waals surface area contributed by atoms with E-state index in [0.29, 0.717) is 0 Å². The van der Waals surface area contributed by atoms with Crippen molar-refractivity contribution in [2.45, 2.75) is 0 Å². The molecule has 3 N–H and O–H groups in total. The standard InChI is InChI=1S/C3H11O9P3/c1-10-13(4,5)3-14(6,7)12-15(8,9)11-2/h3H2,1-2H3,(H,4,5)(H,6,7)(H,8,9). The molecule has 9 nitrogen and oxygen atoms in total. The summed E-state index contributed by atoms with van der Waals surface area (Å²) in [5, 5.41) is 0. The number of phosphoric ester groups is 1. The van der Waals surface area contributed by atoms with Crippen LogP contribution in [0.4, 0.5) is 0 Å². The molecule has 0 spiro atoms. The van der Waals surface area contributed by atoms with Crippen molar-refractivity contribution in [3.63, 3.8) is 0 Å². The minimum Gasteiger partial charge on any atom is -0.324 e. The fourth-order valence-corrected chi connectivity index (χ4v) is 5.00. The zero-order valence-electron chi connectivity index (χ0n) is 7.84. The summed E-state index contributed by atoms with van der Waals surface area (Å²) >= 11 is 0. The van der Waals surface area contributed by atoms with Gasteiger partial charge in [-0.1, -0.05) is 0 Å². The molecule has 15 heavy (non-hydrogen) atoms. The molecule has 3 atom stereocenters. The molecule has 0 aliphatic rings. The Hall–Kier alpha value is 0.450. The number of hydrogen-bond acceptors (Lipinski definition) is 6. The lowest BCUT2D eigenvalue weighted by Gasteiger charge is -2.16. The van der Waals surface area contributed by atoms with Gasteiger partial charge in [-0.3, -0.25) is 13.7 Å². The second-order valence-electron chi connectivity index (χ2n) is 2.33. The van der Waals surface area contributed by atoms with Crippen molar-refractivity contribution in [2.75, 3.05) is 20.1 Å². The Morgan fingerprint density at radius 1 is 0.933 bits per heavy atom. The Morgan fingerprint density at radius 3 is 1.73 bits per heavy atom. The normalized spacial score (nSPS) is 23.8. The van der Waals surface area contributed by atoms with Crippen LogP contribution in [0.3, 0.4) is 0 Å². The molecule has 0 aromatic rings. The summed E-state index contributed by atoms with van der Waals surface area (Å²) < 4.78 is 44.4. The summed E-state index contributed by atoms with van der Waals surface area (Å²) in [4.78, 5) is 26.5. The van der Waals surface area contributed by atoms with Crippen molar-refractivity contribution in [3.05, 3.63) is 0 Å². The van der Waals surface area contributed by atoms with Crippen LogP contribution in [0, 0.1) is 0 Å². The summed E-state index contributed by atoms with van der Waals surface area (Å²) in [7, 11) is -12.1. The van der Waals surface area contributed by atoms with E-state index in [0.717, 1.165) is 14.2 Å². The van der Waals surface area contributed by atoms with Gasteiger partial charge in [0, 0.05) is 14.2 Å². The van der Waals surface area contributed by atoms with E-state index >= 15 is 0 Å². The van der Waals surface area contributed by atoms with E-state index in [1.807, 2.05) is 0 Å². The van der Waals surface area contributed by atoms with Crippen molar-refractivity contribution < 1.29 is 41.7 Å². The zero-order chi connectivity index (χ0) is 12.3. The molecule has 0 heterocycles. The molecule has 0 aromatic carbocycles. The molecule has 92 valence electrons. The Balaban J connectivity index is 4.66. The van der Waals surface area contributed by atoms with Crippen LogP contribution in [0.5, 0.6) is 0 Å². The van der Waals surface area contributed by atoms with E-state index in [4.69, 9.17) is 14.7 Å². The summed E-state index contributed by atoms with van der Waals surface area (Å²) in [6.07, 6.45) is 0. The van der Waals surface area contributed by atoms with Crippen molar-refractivity contribution in [1.29, 1.82) is 0 Å². The molecule has 12 heteroatoms. The van der Waals surface area contributed by atoms with Crippen LogP contribution in [0.25, 0.3) is 0 Å². The van der Waals surface area contributed by atoms with Gasteiger partial charge in [-0.2, -0.15) is 0 Å². The van der Waals surface area contributed by atoms with Gasteiger partial charge in [0.15, 0.2) is 5.90 Å². The minimum atomic E-state index is -4.74. The largest absolute Gasteiger partial charge is 0.479 e. The average Bonchev–Trinajstić information content (AvgIpc) is 2.00. The van der Waals surface area contributed by atoms with Gasteiger partial charge in [-0.15, -0.1) is 0 Å². The van der Waals surface area contributed by atoms with Crippen molar-refractivity contribution in [2.24, 2.45) is 0 Å². The molecular weight excluding hydrogens is 273 g/mol. The second-order valence-corrected chi connectivity index (χ2v) is 8.33. The smallest absolute Gasteiger partial charge is 0.324 e. The first-order chi connectivity index (χ1) is 6.54. The van der Waals surface area contributed by atoms with E-state index < -0.39 is 28.9 Å². The summed E-state index contributed by atoms with van der Waals surface area (Å²) in [5.74, 6) is -1.30. The lowest BCUT2D eigenvalue weighted by Crippen LogP contribution is -1.97. The number of rotatable bonds is 6. The van der Waals surface area contributed by atoms with Gasteiger partial charge >= 0.3 is 23.0 Å². The van der Waals surface area contributed by atoms with Gasteiger partial charge in [-0.05, 0) is 0 Å². The van der Waals surface area contributed by atoms with Gasteiger partial charge < -0.3 is 19.2 Å². The Bertz CT molecular complexity index is 319. The first-order valence-electron chi connectivity index (χ1n) is 3.33. The van der Waals surface area contributed by atoms with Crippen molar-refractivity contribution >= 4 is 23.0 Å². The van der Waals surface area contributed by atoms with Gasteiger partial charge in [0.05, 0.1) is 0 Å². The van der Waals surface area contributed by atoms with Crippen LogP contribution in [-0.2, 0) is 27.1 Å². The highest BCUT2D eigenvalue weighted by Crippen LogP contribution is 2.65. The van der Waals surface area contributed by atoms with Crippen LogP contribution in [0.2, 0.25) is 0 Å². The van der Waals surface area contributed by atoms with Crippen LogP contribution < -0.4 is 0 Å². The minimum absolute atomic E-state index is 0.773. The maximum Gasteiger partial charge on any atom is 0.479 e. The molecular formula is C3H11O9P3. The number of hydrogen-bond donors (Lipinski definition) is 3. The summed E-state index contributed by atoms with van der Waals surface area (Å²) in [6, 6.07) is 0. The van der Waals surface area contributed by atoms with Gasteiger partial charge in [0.2, 0.25) is 0 Å². The van der Waals surface area contributed by atoms with Crippen LogP contribution in [-0.4, -0.2) is 34.8 Å². The van der Waals surface area contributed by atoms with Crippen LogP contribution >= 0.6 is 23.0 Å². The predicted octanol–water partition coefficient (Wildman–Crippen LogP) is 0.724. The van der Waals surface area contributed by atoms with Crippen molar-refractivity contribution in [3.8, 4) is 0 Å². The Kier molecular flexibility index (Phi) is 5.34. The van der Waals surface area contributed by atoms with Gasteiger partial charge in [-0.25, -0.2) is 8.88 Å². The van der Waals surface area contributed by atoms with E-state index in [1.54, 1.807) is 0 Å². The molecule has 0 fully saturated rings. The van der Waals surface area contributed by atoms with Crippen LogP contribution in [0.15, 0.2) is 0 Å². The van der Waals surface area contributed by atoms with E-state index in [-0.39, 0.29) is 0 Å². The van der Waals surface area contributed by atoms with Crippen molar-refractivity contribution in [1.82, 2.24) is 0 Å². The Morgan fingerprint density at radius 2 is 1.40 bits per heavy atom. The molecule has 0 saturated carbocycles. The summed E-state index contributed by atoms with van der Waals surface area (Å²) in [6.45, 7) is 0. The highest BCUT2D eigenvalue weighted by molar-refractivity contribution is 7.74. The highest BCUT2D eigenvalue weighted by atomic mass is 31.3. The topological polar surface area (TPSA) is 140 Å². The molecule has 0 aromatic heterocycles.